The van der Waals surface area contributed by atoms with Gasteiger partial charge in [0.05, 0.1) is 11.5 Å². The van der Waals surface area contributed by atoms with Gasteiger partial charge in [-0.3, -0.25) is 4.79 Å². The highest BCUT2D eigenvalue weighted by Gasteiger charge is 2.15. The van der Waals surface area contributed by atoms with E-state index in [0.29, 0.717) is 6.42 Å². The largest absolute Gasteiger partial charge is 0.354 e. The van der Waals surface area contributed by atoms with Crippen molar-refractivity contribution in [2.24, 2.45) is 5.41 Å². The molecule has 0 radical (unpaired) electrons. The van der Waals surface area contributed by atoms with E-state index >= 15 is 0 Å². The predicted molar refractivity (Wildman–Crippen MR) is 74.0 cm³/mol. The second kappa shape index (κ2) is 8.93. The fourth-order valence-corrected chi connectivity index (χ4v) is 1.59. The summed E-state index contributed by atoms with van der Waals surface area (Å²) in [6.45, 7) is 9.49. The normalized spacial score (nSPS) is 11.3. The third kappa shape index (κ3) is 10.1. The SMILES string of the molecule is CC(C)NC(=O)CCNCCCCC(C)(C)C#N. The number of carbonyl (C=O) groups is 1. The van der Waals surface area contributed by atoms with Crippen LogP contribution in [0.3, 0.4) is 0 Å². The predicted octanol–water partition coefficient (Wildman–Crippen LogP) is 2.21. The van der Waals surface area contributed by atoms with Crippen LogP contribution < -0.4 is 10.6 Å². The van der Waals surface area contributed by atoms with Gasteiger partial charge < -0.3 is 10.6 Å². The standard InChI is InChI=1S/C14H27N3O/c1-12(2)17-13(18)7-10-16-9-6-5-8-14(3,4)11-15/h12,16H,5-10H2,1-4H3,(H,17,18). The maximum absolute atomic E-state index is 11.3. The van der Waals surface area contributed by atoms with Crippen LogP contribution in [0.2, 0.25) is 0 Å². The van der Waals surface area contributed by atoms with Gasteiger partial charge in [0.15, 0.2) is 0 Å². The first-order chi connectivity index (χ1) is 8.37. The Kier molecular flexibility index (Phi) is 8.40. The Balaban J connectivity index is 3.37. The molecule has 4 nitrogen and oxygen atoms in total. The summed E-state index contributed by atoms with van der Waals surface area (Å²) in [7, 11) is 0. The Labute approximate surface area is 111 Å². The molecule has 0 saturated carbocycles. The minimum atomic E-state index is -0.211. The number of hydrogen-bond donors (Lipinski definition) is 2. The number of unbranched alkanes of at least 4 members (excludes halogenated alkanes) is 1. The van der Waals surface area contributed by atoms with Gasteiger partial charge in [0.25, 0.3) is 0 Å². The zero-order chi connectivity index (χ0) is 14.0. The maximum Gasteiger partial charge on any atom is 0.221 e. The molecular weight excluding hydrogens is 226 g/mol. The lowest BCUT2D eigenvalue weighted by Gasteiger charge is -2.14. The van der Waals surface area contributed by atoms with Crippen molar-refractivity contribution in [2.75, 3.05) is 13.1 Å². The first-order valence-electron chi connectivity index (χ1n) is 6.79. The molecule has 0 rings (SSSR count). The number of nitrogens with zero attached hydrogens (tertiary/aromatic N) is 1. The zero-order valence-corrected chi connectivity index (χ0v) is 12.2. The molecule has 2 N–H and O–H groups in total. The molecule has 0 aromatic heterocycles. The van der Waals surface area contributed by atoms with Gasteiger partial charge >= 0.3 is 0 Å². The van der Waals surface area contributed by atoms with E-state index in [4.69, 9.17) is 5.26 Å². The Bertz CT molecular complexity index is 279. The van der Waals surface area contributed by atoms with Crippen molar-refractivity contribution in [1.29, 1.82) is 5.26 Å². The van der Waals surface area contributed by atoms with Gasteiger partial charge in [0.1, 0.15) is 0 Å². The number of carbonyl (C=O) groups excluding carboxylic acids is 1. The topological polar surface area (TPSA) is 64.9 Å². The molecule has 0 heterocycles. The molecule has 0 bridgehead atoms. The first kappa shape index (κ1) is 16.9. The molecule has 0 aliphatic rings. The second-order valence-electron chi connectivity index (χ2n) is 5.68. The minimum absolute atomic E-state index is 0.100. The Morgan fingerprint density at radius 2 is 1.94 bits per heavy atom. The molecule has 0 aromatic carbocycles. The smallest absolute Gasteiger partial charge is 0.221 e. The lowest BCUT2D eigenvalue weighted by molar-refractivity contribution is -0.121. The summed E-state index contributed by atoms with van der Waals surface area (Å²) < 4.78 is 0. The van der Waals surface area contributed by atoms with Gasteiger partial charge in [-0.05, 0) is 47.1 Å². The van der Waals surface area contributed by atoms with E-state index in [2.05, 4.69) is 16.7 Å². The highest BCUT2D eigenvalue weighted by Crippen LogP contribution is 2.21. The Morgan fingerprint density at radius 3 is 2.50 bits per heavy atom. The summed E-state index contributed by atoms with van der Waals surface area (Å²) in [5, 5.41) is 15.0. The molecule has 0 aliphatic carbocycles. The lowest BCUT2D eigenvalue weighted by atomic mass is 9.89. The van der Waals surface area contributed by atoms with Crippen LogP contribution in [-0.4, -0.2) is 25.0 Å². The summed E-state index contributed by atoms with van der Waals surface area (Å²) in [6, 6.07) is 2.52. The summed E-state index contributed by atoms with van der Waals surface area (Å²) in [4.78, 5) is 11.3. The molecule has 0 fully saturated rings. The third-order valence-electron chi connectivity index (χ3n) is 2.69. The molecule has 0 spiro atoms. The molecule has 0 atom stereocenters. The number of nitrogens with one attached hydrogen (secondary N) is 2. The summed E-state index contributed by atoms with van der Waals surface area (Å²) >= 11 is 0. The number of amides is 1. The van der Waals surface area contributed by atoms with Crippen molar-refractivity contribution in [2.45, 2.75) is 59.4 Å². The van der Waals surface area contributed by atoms with Crippen LogP contribution in [-0.2, 0) is 4.79 Å². The first-order valence-corrected chi connectivity index (χ1v) is 6.79. The van der Waals surface area contributed by atoms with Gasteiger partial charge in [0.2, 0.25) is 5.91 Å². The summed E-state index contributed by atoms with van der Waals surface area (Å²) in [5.74, 6) is 0.100. The molecule has 4 heteroatoms. The Morgan fingerprint density at radius 1 is 1.28 bits per heavy atom. The van der Waals surface area contributed by atoms with E-state index in [1.807, 2.05) is 27.7 Å². The van der Waals surface area contributed by atoms with E-state index < -0.39 is 0 Å². The number of nitriles is 1. The highest BCUT2D eigenvalue weighted by molar-refractivity contribution is 5.76. The average Bonchev–Trinajstić information content (AvgIpc) is 2.26. The molecule has 0 aromatic rings. The molecular formula is C14H27N3O. The Hall–Kier alpha value is -1.08. The van der Waals surface area contributed by atoms with Crippen molar-refractivity contribution in [3.8, 4) is 6.07 Å². The molecule has 18 heavy (non-hydrogen) atoms. The van der Waals surface area contributed by atoms with E-state index in [-0.39, 0.29) is 17.4 Å². The zero-order valence-electron chi connectivity index (χ0n) is 12.2. The van der Waals surface area contributed by atoms with Gasteiger partial charge in [-0.25, -0.2) is 0 Å². The molecule has 0 aliphatic heterocycles. The van der Waals surface area contributed by atoms with Crippen LogP contribution in [0.15, 0.2) is 0 Å². The monoisotopic (exact) mass is 253 g/mol. The third-order valence-corrected chi connectivity index (χ3v) is 2.69. The number of rotatable bonds is 9. The molecule has 1 amide bonds. The van der Waals surface area contributed by atoms with Crippen LogP contribution in [0.1, 0.15) is 53.4 Å². The van der Waals surface area contributed by atoms with Gasteiger partial charge in [0, 0.05) is 19.0 Å². The van der Waals surface area contributed by atoms with E-state index in [1.54, 1.807) is 0 Å². The van der Waals surface area contributed by atoms with Crippen molar-refractivity contribution in [3.05, 3.63) is 0 Å². The highest BCUT2D eigenvalue weighted by atomic mass is 16.1. The average molecular weight is 253 g/mol. The quantitative estimate of drug-likeness (QED) is 0.619. The maximum atomic E-state index is 11.3. The van der Waals surface area contributed by atoms with Crippen LogP contribution >= 0.6 is 0 Å². The minimum Gasteiger partial charge on any atom is -0.354 e. The molecule has 0 unspecified atom stereocenters. The van der Waals surface area contributed by atoms with E-state index in [0.717, 1.165) is 32.4 Å². The van der Waals surface area contributed by atoms with E-state index in [1.165, 1.54) is 0 Å². The summed E-state index contributed by atoms with van der Waals surface area (Å²) in [6.07, 6.45) is 3.56. The fraction of sp³-hybridized carbons (Fsp3) is 0.857. The van der Waals surface area contributed by atoms with Gasteiger partial charge in [-0.1, -0.05) is 6.42 Å². The fourth-order valence-electron chi connectivity index (χ4n) is 1.59. The van der Waals surface area contributed by atoms with Crippen LogP contribution in [0.4, 0.5) is 0 Å². The van der Waals surface area contributed by atoms with Gasteiger partial charge in [-0.2, -0.15) is 5.26 Å². The second-order valence-corrected chi connectivity index (χ2v) is 5.68. The van der Waals surface area contributed by atoms with Crippen LogP contribution in [0.5, 0.6) is 0 Å². The van der Waals surface area contributed by atoms with Crippen LogP contribution in [0, 0.1) is 16.7 Å². The summed E-state index contributed by atoms with van der Waals surface area (Å²) in [5.41, 5.74) is -0.211. The van der Waals surface area contributed by atoms with Crippen molar-refractivity contribution in [1.82, 2.24) is 10.6 Å². The van der Waals surface area contributed by atoms with Crippen molar-refractivity contribution >= 4 is 5.91 Å². The van der Waals surface area contributed by atoms with Crippen molar-refractivity contribution < 1.29 is 4.79 Å². The van der Waals surface area contributed by atoms with E-state index in [9.17, 15) is 4.79 Å². The van der Waals surface area contributed by atoms with Crippen molar-refractivity contribution in [3.63, 3.8) is 0 Å². The lowest BCUT2D eigenvalue weighted by Crippen LogP contribution is -2.32. The van der Waals surface area contributed by atoms with Gasteiger partial charge in [-0.15, -0.1) is 0 Å². The molecule has 0 saturated heterocycles. The molecule has 104 valence electrons. The van der Waals surface area contributed by atoms with Crippen LogP contribution in [0.25, 0.3) is 0 Å². The number of hydrogen-bond acceptors (Lipinski definition) is 3.